The molecule has 21 heavy (non-hydrogen) atoms. The number of halogens is 1. The quantitative estimate of drug-likeness (QED) is 0.826. The molecule has 0 amide bonds. The number of sulfonamides is 1. The number of nitrogen functional groups attached to an aromatic ring is 1. The Kier molecular flexibility index (Phi) is 4.44. The van der Waals surface area contributed by atoms with Crippen molar-refractivity contribution in [1.29, 1.82) is 0 Å². The first-order valence-corrected chi connectivity index (χ1v) is 7.58. The summed E-state index contributed by atoms with van der Waals surface area (Å²) in [6.45, 7) is 0.0422. The van der Waals surface area contributed by atoms with Crippen molar-refractivity contribution in [3.8, 4) is 5.75 Å². The summed E-state index contributed by atoms with van der Waals surface area (Å²) in [5.74, 6) is -0.171. The number of methoxy groups -OCH3 is 1. The van der Waals surface area contributed by atoms with E-state index >= 15 is 0 Å². The van der Waals surface area contributed by atoms with E-state index in [4.69, 9.17) is 10.5 Å². The fourth-order valence-corrected chi connectivity index (χ4v) is 2.98. The number of rotatable bonds is 5. The van der Waals surface area contributed by atoms with E-state index in [-0.39, 0.29) is 23.0 Å². The standard InChI is InChI=1S/C14H15FN2O3S/c1-20-13-7-6-12(16)8-14(13)21(18,19)17-9-10-2-4-11(15)5-3-10/h2-8,17H,9,16H2,1H3. The molecule has 0 atom stereocenters. The molecule has 0 aliphatic rings. The highest BCUT2D eigenvalue weighted by molar-refractivity contribution is 7.89. The van der Waals surface area contributed by atoms with Crippen LogP contribution >= 0.6 is 0 Å². The minimum Gasteiger partial charge on any atom is -0.495 e. The molecule has 5 nitrogen and oxygen atoms in total. The number of hydrogen-bond donors (Lipinski definition) is 2. The lowest BCUT2D eigenvalue weighted by Crippen LogP contribution is -2.23. The van der Waals surface area contributed by atoms with Gasteiger partial charge in [0.05, 0.1) is 7.11 Å². The summed E-state index contributed by atoms with van der Waals surface area (Å²) in [4.78, 5) is -0.0351. The van der Waals surface area contributed by atoms with Crippen LogP contribution in [-0.4, -0.2) is 15.5 Å². The Morgan fingerprint density at radius 3 is 2.48 bits per heavy atom. The van der Waals surface area contributed by atoms with E-state index in [9.17, 15) is 12.8 Å². The maximum absolute atomic E-state index is 12.8. The van der Waals surface area contributed by atoms with Crippen LogP contribution in [0.2, 0.25) is 0 Å². The van der Waals surface area contributed by atoms with Gasteiger partial charge in [-0.3, -0.25) is 0 Å². The molecule has 0 bridgehead atoms. The third kappa shape index (κ3) is 3.71. The van der Waals surface area contributed by atoms with Crippen molar-refractivity contribution in [2.75, 3.05) is 12.8 Å². The smallest absolute Gasteiger partial charge is 0.244 e. The van der Waals surface area contributed by atoms with Crippen molar-refractivity contribution in [2.45, 2.75) is 11.4 Å². The molecular weight excluding hydrogens is 295 g/mol. The van der Waals surface area contributed by atoms with E-state index in [0.717, 1.165) is 0 Å². The van der Waals surface area contributed by atoms with Crippen LogP contribution in [0.15, 0.2) is 47.4 Å². The predicted octanol–water partition coefficient (Wildman–Crippen LogP) is 1.89. The van der Waals surface area contributed by atoms with Crippen LogP contribution in [0.5, 0.6) is 5.75 Å². The topological polar surface area (TPSA) is 81.4 Å². The monoisotopic (exact) mass is 310 g/mol. The molecule has 0 unspecified atom stereocenters. The number of ether oxygens (including phenoxy) is 1. The predicted molar refractivity (Wildman–Crippen MR) is 77.8 cm³/mol. The molecule has 2 aromatic carbocycles. The van der Waals surface area contributed by atoms with Gasteiger partial charge in [-0.1, -0.05) is 12.1 Å². The lowest BCUT2D eigenvalue weighted by atomic mass is 10.2. The molecular formula is C14H15FN2O3S. The van der Waals surface area contributed by atoms with Crippen molar-refractivity contribution in [3.05, 3.63) is 53.8 Å². The molecule has 7 heteroatoms. The summed E-state index contributed by atoms with van der Waals surface area (Å²) in [5.41, 5.74) is 6.57. The van der Waals surface area contributed by atoms with E-state index < -0.39 is 10.0 Å². The molecule has 3 N–H and O–H groups in total. The van der Waals surface area contributed by atoms with Crippen LogP contribution < -0.4 is 15.2 Å². The Morgan fingerprint density at radius 2 is 1.86 bits per heavy atom. The molecule has 0 spiro atoms. The number of nitrogens with one attached hydrogen (secondary N) is 1. The maximum Gasteiger partial charge on any atom is 0.244 e. The Morgan fingerprint density at radius 1 is 1.19 bits per heavy atom. The fraction of sp³-hybridized carbons (Fsp3) is 0.143. The first kappa shape index (κ1) is 15.3. The highest BCUT2D eigenvalue weighted by atomic mass is 32.2. The fourth-order valence-electron chi connectivity index (χ4n) is 1.76. The Hall–Kier alpha value is -2.12. The average Bonchev–Trinajstić information content (AvgIpc) is 2.47. The zero-order valence-electron chi connectivity index (χ0n) is 11.3. The molecule has 2 rings (SSSR count). The molecule has 0 saturated heterocycles. The Balaban J connectivity index is 2.22. The van der Waals surface area contributed by atoms with Crippen molar-refractivity contribution < 1.29 is 17.5 Å². The van der Waals surface area contributed by atoms with Crippen molar-refractivity contribution in [2.24, 2.45) is 0 Å². The van der Waals surface area contributed by atoms with E-state index in [1.165, 1.54) is 43.5 Å². The zero-order chi connectivity index (χ0) is 15.5. The summed E-state index contributed by atoms with van der Waals surface area (Å²) >= 11 is 0. The third-order valence-electron chi connectivity index (χ3n) is 2.86. The largest absolute Gasteiger partial charge is 0.495 e. The van der Waals surface area contributed by atoms with Crippen molar-refractivity contribution >= 4 is 15.7 Å². The second kappa shape index (κ2) is 6.11. The van der Waals surface area contributed by atoms with Crippen LogP contribution in [0.1, 0.15) is 5.56 Å². The molecule has 112 valence electrons. The normalized spacial score (nSPS) is 11.3. The molecule has 0 aromatic heterocycles. The highest BCUT2D eigenvalue weighted by Crippen LogP contribution is 2.25. The molecule has 0 heterocycles. The summed E-state index contributed by atoms with van der Waals surface area (Å²) in [7, 11) is -2.40. The van der Waals surface area contributed by atoms with Crippen LogP contribution in [-0.2, 0) is 16.6 Å². The Bertz CT molecular complexity index is 730. The zero-order valence-corrected chi connectivity index (χ0v) is 12.2. The van der Waals surface area contributed by atoms with Crippen molar-refractivity contribution in [3.63, 3.8) is 0 Å². The minimum atomic E-state index is -3.78. The van der Waals surface area contributed by atoms with E-state index in [0.29, 0.717) is 11.3 Å². The summed E-state index contributed by atoms with van der Waals surface area (Å²) in [6.07, 6.45) is 0. The van der Waals surface area contributed by atoms with Gasteiger partial charge >= 0.3 is 0 Å². The van der Waals surface area contributed by atoms with Gasteiger partial charge in [0.1, 0.15) is 16.5 Å². The van der Waals surface area contributed by atoms with Crippen LogP contribution in [0, 0.1) is 5.82 Å². The molecule has 0 aliphatic heterocycles. The van der Waals surface area contributed by atoms with Gasteiger partial charge in [0.2, 0.25) is 10.0 Å². The number of anilines is 1. The molecule has 0 saturated carbocycles. The van der Waals surface area contributed by atoms with Gasteiger partial charge in [0.25, 0.3) is 0 Å². The van der Waals surface area contributed by atoms with Gasteiger partial charge in [-0.15, -0.1) is 0 Å². The van der Waals surface area contributed by atoms with Gasteiger partial charge < -0.3 is 10.5 Å². The number of benzene rings is 2. The highest BCUT2D eigenvalue weighted by Gasteiger charge is 2.19. The maximum atomic E-state index is 12.8. The average molecular weight is 310 g/mol. The summed E-state index contributed by atoms with van der Waals surface area (Å²) in [5, 5.41) is 0. The summed E-state index contributed by atoms with van der Waals surface area (Å²) < 4.78 is 44.8. The van der Waals surface area contributed by atoms with Gasteiger partial charge in [-0.25, -0.2) is 17.5 Å². The lowest BCUT2D eigenvalue weighted by molar-refractivity contribution is 0.402. The third-order valence-corrected chi connectivity index (χ3v) is 4.28. The van der Waals surface area contributed by atoms with Gasteiger partial charge in [0.15, 0.2) is 0 Å². The van der Waals surface area contributed by atoms with Gasteiger partial charge in [-0.2, -0.15) is 0 Å². The second-order valence-corrected chi connectivity index (χ2v) is 6.10. The minimum absolute atomic E-state index is 0.0351. The van der Waals surface area contributed by atoms with E-state index in [2.05, 4.69) is 4.72 Å². The van der Waals surface area contributed by atoms with Crippen molar-refractivity contribution in [1.82, 2.24) is 4.72 Å². The lowest BCUT2D eigenvalue weighted by Gasteiger charge is -2.11. The summed E-state index contributed by atoms with van der Waals surface area (Å²) in [6, 6.07) is 9.92. The first-order chi connectivity index (χ1) is 9.92. The second-order valence-electron chi connectivity index (χ2n) is 4.36. The van der Waals surface area contributed by atoms with E-state index in [1.54, 1.807) is 6.07 Å². The SMILES string of the molecule is COc1ccc(N)cc1S(=O)(=O)NCc1ccc(F)cc1. The molecule has 0 aliphatic carbocycles. The van der Waals surface area contributed by atoms with Crippen LogP contribution in [0.3, 0.4) is 0 Å². The van der Waals surface area contributed by atoms with Gasteiger partial charge in [0, 0.05) is 12.2 Å². The number of nitrogens with two attached hydrogens (primary N) is 1. The molecule has 0 radical (unpaired) electrons. The van der Waals surface area contributed by atoms with E-state index in [1.807, 2.05) is 0 Å². The molecule has 0 fully saturated rings. The van der Waals surface area contributed by atoms with Crippen LogP contribution in [0.4, 0.5) is 10.1 Å². The van der Waals surface area contributed by atoms with Gasteiger partial charge in [-0.05, 0) is 35.9 Å². The van der Waals surface area contributed by atoms with Crippen LogP contribution in [0.25, 0.3) is 0 Å². The number of hydrogen-bond acceptors (Lipinski definition) is 4. The Labute approximate surface area is 122 Å². The molecule has 2 aromatic rings. The first-order valence-electron chi connectivity index (χ1n) is 6.10.